The van der Waals surface area contributed by atoms with E-state index in [0.29, 0.717) is 17.9 Å². The molecule has 1 heterocycles. The first-order valence-corrected chi connectivity index (χ1v) is 9.79. The van der Waals surface area contributed by atoms with Crippen LogP contribution in [-0.4, -0.2) is 17.0 Å². The lowest BCUT2D eigenvalue weighted by Gasteiger charge is -2.12. The molecule has 0 aliphatic rings. The Morgan fingerprint density at radius 2 is 1.72 bits per heavy atom. The Balaban J connectivity index is 1.57. The van der Waals surface area contributed by atoms with Crippen LogP contribution in [0.25, 0.3) is 5.70 Å². The SMILES string of the molecule is O=C(O)C/C=C(/NNC(=O)c1ccc(COc2ccccc2)cc1)c1cccs1. The van der Waals surface area contributed by atoms with Crippen molar-refractivity contribution in [2.75, 3.05) is 0 Å². The van der Waals surface area contributed by atoms with Crippen molar-refractivity contribution in [2.45, 2.75) is 13.0 Å². The second-order valence-corrected chi connectivity index (χ2v) is 7.02. The lowest BCUT2D eigenvalue weighted by molar-refractivity contribution is -0.136. The maximum absolute atomic E-state index is 12.4. The zero-order valence-electron chi connectivity index (χ0n) is 15.5. The van der Waals surface area contributed by atoms with E-state index in [1.807, 2.05) is 60.0 Å². The molecule has 29 heavy (non-hydrogen) atoms. The van der Waals surface area contributed by atoms with E-state index in [2.05, 4.69) is 10.9 Å². The van der Waals surface area contributed by atoms with Crippen LogP contribution in [0.15, 0.2) is 78.2 Å². The summed E-state index contributed by atoms with van der Waals surface area (Å²) >= 11 is 1.45. The molecule has 0 spiro atoms. The van der Waals surface area contributed by atoms with Gasteiger partial charge in [-0.2, -0.15) is 0 Å². The number of rotatable bonds is 9. The predicted molar refractivity (Wildman–Crippen MR) is 112 cm³/mol. The van der Waals surface area contributed by atoms with Gasteiger partial charge in [0.05, 0.1) is 17.0 Å². The van der Waals surface area contributed by atoms with Gasteiger partial charge >= 0.3 is 5.97 Å². The number of thiophene rings is 1. The van der Waals surface area contributed by atoms with Gasteiger partial charge in [-0.25, -0.2) is 0 Å². The van der Waals surface area contributed by atoms with Gasteiger partial charge in [0.15, 0.2) is 0 Å². The summed E-state index contributed by atoms with van der Waals surface area (Å²) in [6.45, 7) is 0.407. The van der Waals surface area contributed by atoms with Crippen LogP contribution < -0.4 is 15.6 Å². The number of nitrogens with one attached hydrogen (secondary N) is 2. The normalized spacial score (nSPS) is 11.0. The molecule has 2 aromatic carbocycles. The monoisotopic (exact) mass is 408 g/mol. The van der Waals surface area contributed by atoms with Crippen LogP contribution in [0.5, 0.6) is 5.75 Å². The molecule has 0 saturated heterocycles. The first-order chi connectivity index (χ1) is 14.1. The lowest BCUT2D eigenvalue weighted by atomic mass is 10.1. The molecule has 7 heteroatoms. The summed E-state index contributed by atoms with van der Waals surface area (Å²) < 4.78 is 5.69. The number of hydrogen-bond acceptors (Lipinski definition) is 5. The van der Waals surface area contributed by atoms with Gasteiger partial charge in [0.1, 0.15) is 12.4 Å². The number of hydrazine groups is 1. The average molecular weight is 408 g/mol. The summed E-state index contributed by atoms with van der Waals surface area (Å²) in [5, 5.41) is 10.8. The number of carboxylic acid groups (broad SMARTS) is 1. The van der Waals surface area contributed by atoms with Crippen LogP contribution in [0.3, 0.4) is 0 Å². The van der Waals surface area contributed by atoms with Crippen molar-refractivity contribution >= 4 is 28.9 Å². The number of carboxylic acids is 1. The third kappa shape index (κ3) is 6.22. The van der Waals surface area contributed by atoms with E-state index >= 15 is 0 Å². The highest BCUT2D eigenvalue weighted by molar-refractivity contribution is 7.11. The summed E-state index contributed by atoms with van der Waals surface area (Å²) in [6.07, 6.45) is 1.38. The molecule has 3 aromatic rings. The Morgan fingerprint density at radius 3 is 2.38 bits per heavy atom. The van der Waals surface area contributed by atoms with Crippen LogP contribution in [0, 0.1) is 0 Å². The highest BCUT2D eigenvalue weighted by Gasteiger charge is 2.09. The van der Waals surface area contributed by atoms with Crippen LogP contribution in [0.4, 0.5) is 0 Å². The zero-order chi connectivity index (χ0) is 20.5. The minimum atomic E-state index is -0.944. The van der Waals surface area contributed by atoms with Gasteiger partial charge in [0.2, 0.25) is 0 Å². The highest BCUT2D eigenvalue weighted by atomic mass is 32.1. The molecule has 0 unspecified atom stereocenters. The first kappa shape index (κ1) is 20.2. The Bertz CT molecular complexity index is 968. The number of aliphatic carboxylic acids is 1. The van der Waals surface area contributed by atoms with Crippen molar-refractivity contribution in [1.29, 1.82) is 0 Å². The Kier molecular flexibility index (Phi) is 7.02. The van der Waals surface area contributed by atoms with Crippen LogP contribution in [-0.2, 0) is 11.4 Å². The molecule has 148 valence electrons. The molecular formula is C22H20N2O4S. The van der Waals surface area contributed by atoms with Gasteiger partial charge in [-0.3, -0.25) is 20.4 Å². The molecule has 1 aromatic heterocycles. The summed E-state index contributed by atoms with van der Waals surface area (Å²) in [5.41, 5.74) is 7.40. The molecule has 0 aliphatic carbocycles. The van der Waals surface area contributed by atoms with Crippen molar-refractivity contribution < 1.29 is 19.4 Å². The van der Waals surface area contributed by atoms with Gasteiger partial charge in [0, 0.05) is 5.56 Å². The van der Waals surface area contributed by atoms with E-state index < -0.39 is 5.97 Å². The second kappa shape index (κ2) is 10.1. The molecule has 0 saturated carbocycles. The minimum absolute atomic E-state index is 0.147. The zero-order valence-corrected chi connectivity index (χ0v) is 16.3. The molecule has 1 amide bonds. The molecule has 0 aliphatic heterocycles. The molecule has 6 nitrogen and oxygen atoms in total. The fraction of sp³-hybridized carbons (Fsp3) is 0.0909. The standard InChI is InChI=1S/C22H20N2O4S/c25-21(26)13-12-19(20-7-4-14-29-20)23-24-22(27)17-10-8-16(9-11-17)15-28-18-5-2-1-3-6-18/h1-12,14,23H,13,15H2,(H,24,27)(H,25,26)/b19-12+. The van der Waals surface area contributed by atoms with Gasteiger partial charge in [-0.15, -0.1) is 11.3 Å². The summed E-state index contributed by atoms with van der Waals surface area (Å²) in [4.78, 5) is 24.1. The number of hydrogen-bond donors (Lipinski definition) is 3. The molecule has 3 N–H and O–H groups in total. The maximum Gasteiger partial charge on any atom is 0.307 e. The smallest absolute Gasteiger partial charge is 0.307 e. The predicted octanol–water partition coefficient (Wildman–Crippen LogP) is 4.08. The number of amides is 1. The minimum Gasteiger partial charge on any atom is -0.489 e. The van der Waals surface area contributed by atoms with Crippen molar-refractivity contribution in [1.82, 2.24) is 10.9 Å². The number of carbonyl (C=O) groups is 2. The fourth-order valence-electron chi connectivity index (χ4n) is 2.47. The fourth-order valence-corrected chi connectivity index (χ4v) is 3.19. The van der Waals surface area contributed by atoms with E-state index in [4.69, 9.17) is 9.84 Å². The van der Waals surface area contributed by atoms with E-state index in [-0.39, 0.29) is 12.3 Å². The molecule has 0 atom stereocenters. The van der Waals surface area contributed by atoms with Gasteiger partial charge in [0.25, 0.3) is 5.91 Å². The summed E-state index contributed by atoms with van der Waals surface area (Å²) in [7, 11) is 0. The van der Waals surface area contributed by atoms with E-state index in [1.165, 1.54) is 17.4 Å². The van der Waals surface area contributed by atoms with E-state index in [1.54, 1.807) is 12.1 Å². The maximum atomic E-state index is 12.4. The van der Waals surface area contributed by atoms with Crippen molar-refractivity contribution in [3.05, 3.63) is 94.2 Å². The summed E-state index contributed by atoms with van der Waals surface area (Å²) in [5.74, 6) is -0.480. The van der Waals surface area contributed by atoms with Gasteiger partial charge in [-0.05, 0) is 47.4 Å². The van der Waals surface area contributed by atoms with Crippen molar-refractivity contribution in [3.8, 4) is 5.75 Å². The Hall–Kier alpha value is -3.58. The topological polar surface area (TPSA) is 87.7 Å². The molecule has 0 fully saturated rings. The number of benzene rings is 2. The molecule has 3 rings (SSSR count). The number of para-hydroxylation sites is 1. The summed E-state index contributed by atoms with van der Waals surface area (Å²) in [6, 6.07) is 20.3. The third-order valence-corrected chi connectivity index (χ3v) is 4.85. The largest absolute Gasteiger partial charge is 0.489 e. The van der Waals surface area contributed by atoms with E-state index in [9.17, 15) is 9.59 Å². The molecule has 0 bridgehead atoms. The van der Waals surface area contributed by atoms with E-state index in [0.717, 1.165) is 16.2 Å². The van der Waals surface area contributed by atoms with Crippen LogP contribution in [0.1, 0.15) is 27.2 Å². The third-order valence-electron chi connectivity index (χ3n) is 3.94. The Labute approximate surface area is 172 Å². The Morgan fingerprint density at radius 1 is 0.966 bits per heavy atom. The molecule has 0 radical (unpaired) electrons. The number of carbonyl (C=O) groups excluding carboxylic acids is 1. The molecular weight excluding hydrogens is 388 g/mol. The number of ether oxygens (including phenoxy) is 1. The highest BCUT2D eigenvalue weighted by Crippen LogP contribution is 2.18. The van der Waals surface area contributed by atoms with Crippen molar-refractivity contribution in [3.63, 3.8) is 0 Å². The van der Waals surface area contributed by atoms with Gasteiger partial charge < -0.3 is 9.84 Å². The van der Waals surface area contributed by atoms with Crippen LogP contribution in [0.2, 0.25) is 0 Å². The van der Waals surface area contributed by atoms with Crippen molar-refractivity contribution in [2.24, 2.45) is 0 Å². The first-order valence-electron chi connectivity index (χ1n) is 8.91. The average Bonchev–Trinajstić information content (AvgIpc) is 3.28. The lowest BCUT2D eigenvalue weighted by Crippen LogP contribution is -2.36. The quantitative estimate of drug-likeness (QED) is 0.465. The van der Waals surface area contributed by atoms with Crippen LogP contribution >= 0.6 is 11.3 Å². The van der Waals surface area contributed by atoms with Gasteiger partial charge in [-0.1, -0.05) is 36.4 Å². The second-order valence-electron chi connectivity index (χ2n) is 6.07.